The predicted octanol–water partition coefficient (Wildman–Crippen LogP) is 1.83. The van der Waals surface area contributed by atoms with E-state index in [0.717, 1.165) is 5.92 Å². The van der Waals surface area contributed by atoms with Crippen LogP contribution >= 0.6 is 0 Å². The Bertz CT molecular complexity index is 307. The summed E-state index contributed by atoms with van der Waals surface area (Å²) in [6.07, 6.45) is 3.57. The second-order valence-corrected chi connectivity index (χ2v) is 5.55. The number of nitrogens with one attached hydrogen (secondary N) is 2. The third-order valence-electron chi connectivity index (χ3n) is 3.85. The van der Waals surface area contributed by atoms with Crippen molar-refractivity contribution in [2.45, 2.75) is 46.1 Å². The van der Waals surface area contributed by atoms with Gasteiger partial charge in [-0.3, -0.25) is 4.79 Å². The van der Waals surface area contributed by atoms with Crippen LogP contribution in [0.1, 0.15) is 40.0 Å². The maximum absolute atomic E-state index is 11.6. The molecule has 1 aliphatic carbocycles. The van der Waals surface area contributed by atoms with Crippen molar-refractivity contribution < 1.29 is 14.7 Å². The van der Waals surface area contributed by atoms with E-state index < -0.39 is 11.9 Å². The van der Waals surface area contributed by atoms with E-state index in [9.17, 15) is 9.59 Å². The lowest BCUT2D eigenvalue weighted by atomic mass is 10.0. The topological polar surface area (TPSA) is 78.4 Å². The molecule has 18 heavy (non-hydrogen) atoms. The summed E-state index contributed by atoms with van der Waals surface area (Å²) in [7, 11) is 0. The van der Waals surface area contributed by atoms with Crippen LogP contribution in [-0.4, -0.2) is 29.7 Å². The first-order valence-corrected chi connectivity index (χ1v) is 6.67. The number of carboxylic acids is 1. The van der Waals surface area contributed by atoms with Crippen LogP contribution in [0.3, 0.4) is 0 Å². The fourth-order valence-corrected chi connectivity index (χ4v) is 2.34. The summed E-state index contributed by atoms with van der Waals surface area (Å²) in [6.45, 7) is 6.21. The van der Waals surface area contributed by atoms with Gasteiger partial charge in [-0.1, -0.05) is 13.3 Å². The van der Waals surface area contributed by atoms with Crippen LogP contribution in [0.15, 0.2) is 0 Å². The number of hydrogen-bond acceptors (Lipinski definition) is 2. The Morgan fingerprint density at radius 1 is 1.33 bits per heavy atom. The van der Waals surface area contributed by atoms with Crippen LogP contribution in [0.4, 0.5) is 4.79 Å². The fourth-order valence-electron chi connectivity index (χ4n) is 2.34. The van der Waals surface area contributed by atoms with E-state index >= 15 is 0 Å². The van der Waals surface area contributed by atoms with Gasteiger partial charge in [0.1, 0.15) is 0 Å². The van der Waals surface area contributed by atoms with Gasteiger partial charge in [0.05, 0.1) is 5.92 Å². The molecule has 0 aromatic rings. The van der Waals surface area contributed by atoms with E-state index in [1.807, 2.05) is 0 Å². The van der Waals surface area contributed by atoms with Gasteiger partial charge in [0.25, 0.3) is 0 Å². The van der Waals surface area contributed by atoms with E-state index in [0.29, 0.717) is 12.5 Å². The Labute approximate surface area is 108 Å². The van der Waals surface area contributed by atoms with Crippen LogP contribution in [0.2, 0.25) is 0 Å². The lowest BCUT2D eigenvalue weighted by Gasteiger charge is -2.19. The fraction of sp³-hybridized carbons (Fsp3) is 0.846. The maximum atomic E-state index is 11.6. The van der Waals surface area contributed by atoms with Crippen molar-refractivity contribution in [2.24, 2.45) is 17.8 Å². The normalized spacial score (nSPS) is 26.4. The Morgan fingerprint density at radius 3 is 2.50 bits per heavy atom. The first-order valence-electron chi connectivity index (χ1n) is 6.67. The zero-order valence-corrected chi connectivity index (χ0v) is 11.4. The molecule has 0 aromatic carbocycles. The molecule has 0 heterocycles. The molecule has 1 rings (SSSR count). The van der Waals surface area contributed by atoms with E-state index in [4.69, 9.17) is 5.11 Å². The molecule has 1 aliphatic rings. The van der Waals surface area contributed by atoms with E-state index in [1.165, 1.54) is 19.3 Å². The van der Waals surface area contributed by atoms with E-state index in [2.05, 4.69) is 17.6 Å². The lowest BCUT2D eigenvalue weighted by Crippen LogP contribution is -2.46. The summed E-state index contributed by atoms with van der Waals surface area (Å²) in [5.41, 5.74) is 0. The van der Waals surface area contributed by atoms with Crippen LogP contribution in [0.5, 0.6) is 0 Å². The van der Waals surface area contributed by atoms with Gasteiger partial charge in [-0.05, 0) is 38.5 Å². The van der Waals surface area contributed by atoms with Crippen molar-refractivity contribution >= 4 is 12.0 Å². The predicted molar refractivity (Wildman–Crippen MR) is 69.3 cm³/mol. The quantitative estimate of drug-likeness (QED) is 0.702. The minimum atomic E-state index is -0.896. The van der Waals surface area contributed by atoms with Gasteiger partial charge >= 0.3 is 12.0 Å². The van der Waals surface area contributed by atoms with E-state index in [1.54, 1.807) is 13.8 Å². The number of amides is 2. The molecule has 0 aromatic heterocycles. The second kappa shape index (κ2) is 6.61. The monoisotopic (exact) mass is 256 g/mol. The molecule has 1 saturated carbocycles. The standard InChI is InChI=1S/C13H24N2O3/c1-8-4-5-11(6-8)7-14-13(18)15-10(3)9(2)12(16)17/h8-11H,4-7H2,1-3H3,(H,16,17)(H2,14,15,18). The van der Waals surface area contributed by atoms with Crippen molar-refractivity contribution in [1.29, 1.82) is 0 Å². The van der Waals surface area contributed by atoms with Crippen molar-refractivity contribution in [3.8, 4) is 0 Å². The van der Waals surface area contributed by atoms with Crippen LogP contribution in [0.25, 0.3) is 0 Å². The van der Waals surface area contributed by atoms with Crippen molar-refractivity contribution in [2.75, 3.05) is 6.54 Å². The molecule has 1 fully saturated rings. The number of hydrogen-bond donors (Lipinski definition) is 3. The largest absolute Gasteiger partial charge is 0.481 e. The minimum absolute atomic E-state index is 0.268. The molecule has 4 atom stereocenters. The summed E-state index contributed by atoms with van der Waals surface area (Å²) in [6, 6.07) is -0.639. The first kappa shape index (κ1) is 14.8. The lowest BCUT2D eigenvalue weighted by molar-refractivity contribution is -0.141. The molecular formula is C13H24N2O3. The van der Waals surface area contributed by atoms with Crippen molar-refractivity contribution in [3.05, 3.63) is 0 Å². The summed E-state index contributed by atoms with van der Waals surface area (Å²) in [5.74, 6) is -0.154. The second-order valence-electron chi connectivity index (χ2n) is 5.55. The molecule has 0 bridgehead atoms. The summed E-state index contributed by atoms with van der Waals surface area (Å²) >= 11 is 0. The van der Waals surface area contributed by atoms with E-state index in [-0.39, 0.29) is 12.1 Å². The molecule has 0 saturated heterocycles. The van der Waals surface area contributed by atoms with Crippen LogP contribution < -0.4 is 10.6 Å². The maximum Gasteiger partial charge on any atom is 0.315 e. The molecule has 5 nitrogen and oxygen atoms in total. The number of carbonyl (C=O) groups is 2. The molecule has 3 N–H and O–H groups in total. The molecule has 4 unspecified atom stereocenters. The molecular weight excluding hydrogens is 232 g/mol. The average Bonchev–Trinajstić information content (AvgIpc) is 2.71. The number of carbonyl (C=O) groups excluding carboxylic acids is 1. The molecule has 5 heteroatoms. The van der Waals surface area contributed by atoms with Gasteiger partial charge in [-0.25, -0.2) is 4.79 Å². The summed E-state index contributed by atoms with van der Waals surface area (Å²) in [4.78, 5) is 22.4. The Hall–Kier alpha value is -1.26. The number of urea groups is 1. The van der Waals surface area contributed by atoms with Gasteiger partial charge in [0, 0.05) is 12.6 Å². The SMILES string of the molecule is CC1CCC(CNC(=O)NC(C)C(C)C(=O)O)C1. The van der Waals surface area contributed by atoms with Gasteiger partial charge in [-0.15, -0.1) is 0 Å². The molecule has 0 radical (unpaired) electrons. The Kier molecular flexibility index (Phi) is 5.44. The number of rotatable bonds is 5. The molecule has 0 spiro atoms. The van der Waals surface area contributed by atoms with Gasteiger partial charge < -0.3 is 15.7 Å². The van der Waals surface area contributed by atoms with Crippen molar-refractivity contribution in [3.63, 3.8) is 0 Å². The summed E-state index contributed by atoms with van der Waals surface area (Å²) in [5, 5.41) is 14.3. The van der Waals surface area contributed by atoms with Crippen LogP contribution in [0, 0.1) is 17.8 Å². The number of aliphatic carboxylic acids is 1. The van der Waals surface area contributed by atoms with Crippen LogP contribution in [-0.2, 0) is 4.79 Å². The van der Waals surface area contributed by atoms with Gasteiger partial charge in [0.15, 0.2) is 0 Å². The highest BCUT2D eigenvalue weighted by Crippen LogP contribution is 2.29. The zero-order valence-electron chi connectivity index (χ0n) is 11.4. The highest BCUT2D eigenvalue weighted by molar-refractivity contribution is 5.76. The van der Waals surface area contributed by atoms with Crippen molar-refractivity contribution in [1.82, 2.24) is 10.6 Å². The highest BCUT2D eigenvalue weighted by Gasteiger charge is 2.23. The molecule has 2 amide bonds. The van der Waals surface area contributed by atoms with Gasteiger partial charge in [-0.2, -0.15) is 0 Å². The average molecular weight is 256 g/mol. The third-order valence-corrected chi connectivity index (χ3v) is 3.85. The third kappa shape index (κ3) is 4.55. The minimum Gasteiger partial charge on any atom is -0.481 e. The first-order chi connectivity index (χ1) is 8.40. The molecule has 104 valence electrons. The smallest absolute Gasteiger partial charge is 0.315 e. The molecule has 0 aliphatic heterocycles. The number of carboxylic acid groups (broad SMARTS) is 1. The summed E-state index contributed by atoms with van der Waals surface area (Å²) < 4.78 is 0. The highest BCUT2D eigenvalue weighted by atomic mass is 16.4. The Balaban J connectivity index is 2.23. The zero-order chi connectivity index (χ0) is 13.7. The Morgan fingerprint density at radius 2 is 2.00 bits per heavy atom. The van der Waals surface area contributed by atoms with Gasteiger partial charge in [0.2, 0.25) is 0 Å².